The predicted molar refractivity (Wildman–Crippen MR) is 127 cm³/mol. The van der Waals surface area contributed by atoms with Crippen molar-refractivity contribution in [2.75, 3.05) is 20.2 Å². The highest BCUT2D eigenvalue weighted by Crippen LogP contribution is 2.25. The number of carbonyl (C=O) groups is 2. The van der Waals surface area contributed by atoms with Crippen molar-refractivity contribution in [3.8, 4) is 0 Å². The molecule has 0 N–H and O–H groups in total. The molecule has 0 spiro atoms. The number of benzene rings is 1. The van der Waals surface area contributed by atoms with E-state index >= 15 is 0 Å². The zero-order chi connectivity index (χ0) is 23.6. The van der Waals surface area contributed by atoms with Crippen LogP contribution in [0.2, 0.25) is 0 Å². The molecule has 2 aromatic heterocycles. The van der Waals surface area contributed by atoms with Crippen LogP contribution in [0.25, 0.3) is 16.6 Å². The molecule has 0 unspecified atom stereocenters. The minimum Gasteiger partial charge on any atom is -0.465 e. The molecule has 0 radical (unpaired) electrons. The number of esters is 1. The van der Waals surface area contributed by atoms with E-state index in [1.165, 1.54) is 7.11 Å². The van der Waals surface area contributed by atoms with Gasteiger partial charge >= 0.3 is 12.1 Å². The molecule has 0 saturated carbocycles. The maximum atomic E-state index is 12.3. The molecule has 7 nitrogen and oxygen atoms in total. The minimum atomic E-state index is -0.501. The van der Waals surface area contributed by atoms with E-state index in [1.807, 2.05) is 45.2 Å². The number of aromatic nitrogens is 2. The maximum absolute atomic E-state index is 12.3. The molecule has 172 valence electrons. The van der Waals surface area contributed by atoms with E-state index in [2.05, 4.69) is 22.8 Å². The lowest BCUT2D eigenvalue weighted by Gasteiger charge is -2.29. The summed E-state index contributed by atoms with van der Waals surface area (Å²) in [6.07, 6.45) is 4.52. The first-order valence-electron chi connectivity index (χ1n) is 11.0. The number of nitrogens with zero attached hydrogens (tertiary/aromatic N) is 3. The van der Waals surface area contributed by atoms with Crippen LogP contribution in [-0.2, 0) is 16.0 Å². The van der Waals surface area contributed by atoms with E-state index in [9.17, 15) is 9.59 Å². The second-order valence-electron chi connectivity index (χ2n) is 9.15. The Morgan fingerprint density at radius 1 is 1.06 bits per heavy atom. The minimum absolute atomic E-state index is 0.284. The normalized spacial score (nSPS) is 14.2. The van der Waals surface area contributed by atoms with E-state index in [4.69, 9.17) is 14.5 Å². The average molecular weight is 448 g/mol. The van der Waals surface area contributed by atoms with Gasteiger partial charge in [-0.1, -0.05) is 18.2 Å². The summed E-state index contributed by atoms with van der Waals surface area (Å²) in [4.78, 5) is 30.6. The van der Waals surface area contributed by atoms with Crippen LogP contribution in [0.3, 0.4) is 0 Å². The van der Waals surface area contributed by atoms with Crippen LogP contribution in [0.4, 0.5) is 4.79 Å². The van der Waals surface area contributed by atoms with Crippen LogP contribution in [0, 0.1) is 0 Å². The summed E-state index contributed by atoms with van der Waals surface area (Å²) in [5.74, 6) is -0.342. The van der Waals surface area contributed by atoms with Gasteiger partial charge in [-0.2, -0.15) is 0 Å². The smallest absolute Gasteiger partial charge is 0.410 e. The molecular formula is C26H29N3O4. The van der Waals surface area contributed by atoms with Gasteiger partial charge in [0.25, 0.3) is 0 Å². The highest BCUT2D eigenvalue weighted by atomic mass is 16.6. The average Bonchev–Trinajstić information content (AvgIpc) is 3.20. The van der Waals surface area contributed by atoms with Crippen molar-refractivity contribution in [2.45, 2.75) is 39.3 Å². The third-order valence-corrected chi connectivity index (χ3v) is 5.53. The third-order valence-electron chi connectivity index (χ3n) is 5.53. The Morgan fingerprint density at radius 3 is 2.45 bits per heavy atom. The van der Waals surface area contributed by atoms with Gasteiger partial charge in [0.05, 0.1) is 18.4 Å². The molecule has 33 heavy (non-hydrogen) atoms. The summed E-state index contributed by atoms with van der Waals surface area (Å²) in [7, 11) is 1.38. The Morgan fingerprint density at radius 2 is 1.82 bits per heavy atom. The van der Waals surface area contributed by atoms with Crippen molar-refractivity contribution >= 4 is 28.7 Å². The summed E-state index contributed by atoms with van der Waals surface area (Å²) < 4.78 is 12.3. The van der Waals surface area contributed by atoms with Gasteiger partial charge in [0.2, 0.25) is 0 Å². The fourth-order valence-corrected chi connectivity index (χ4v) is 3.82. The third kappa shape index (κ3) is 5.25. The van der Waals surface area contributed by atoms with Gasteiger partial charge in [-0.3, -0.25) is 0 Å². The van der Waals surface area contributed by atoms with E-state index in [-0.39, 0.29) is 12.1 Å². The van der Waals surface area contributed by atoms with Crippen LogP contribution in [0.1, 0.15) is 48.8 Å². The van der Waals surface area contributed by atoms with Crippen LogP contribution in [0.5, 0.6) is 0 Å². The molecule has 3 aromatic rings. The Bertz CT molecular complexity index is 1200. The van der Waals surface area contributed by atoms with E-state index in [0.29, 0.717) is 25.2 Å². The molecule has 1 aliphatic rings. The topological polar surface area (TPSA) is 73.7 Å². The lowest BCUT2D eigenvalue weighted by molar-refractivity contribution is 0.0270. The van der Waals surface area contributed by atoms with Crippen LogP contribution in [0.15, 0.2) is 54.7 Å². The first-order chi connectivity index (χ1) is 15.7. The Kier molecular flexibility index (Phi) is 6.22. The molecule has 1 amide bonds. The van der Waals surface area contributed by atoms with Crippen molar-refractivity contribution in [2.24, 2.45) is 0 Å². The molecule has 1 aromatic carbocycles. The number of fused-ring (bicyclic) bond motifs is 1. The molecule has 0 saturated heterocycles. The van der Waals surface area contributed by atoms with Crippen molar-refractivity contribution in [1.82, 2.24) is 14.5 Å². The molecule has 4 rings (SSSR count). The number of hydrogen-bond donors (Lipinski definition) is 0. The second kappa shape index (κ2) is 9.10. The summed E-state index contributed by atoms with van der Waals surface area (Å²) in [6, 6.07) is 13.6. The highest BCUT2D eigenvalue weighted by Gasteiger charge is 2.24. The zero-order valence-electron chi connectivity index (χ0n) is 19.5. The number of methoxy groups -OCH3 is 1. The monoisotopic (exact) mass is 447 g/mol. The van der Waals surface area contributed by atoms with Crippen molar-refractivity contribution < 1.29 is 19.1 Å². The van der Waals surface area contributed by atoms with E-state index in [1.54, 1.807) is 17.0 Å². The maximum Gasteiger partial charge on any atom is 0.410 e. The molecule has 0 atom stereocenters. The standard InChI is InChI=1S/C26H29N3O4/c1-26(2,3)33-25(31)28-14-11-19(12-15-28)22-10-9-20-13-16-29(23(20)27-22)17-18-5-7-21(8-6-18)24(30)32-4/h5-11,13,16H,12,14-15,17H2,1-4H3. The number of ether oxygens (including phenoxy) is 2. The Balaban J connectivity index is 1.50. The molecular weight excluding hydrogens is 418 g/mol. The quantitative estimate of drug-likeness (QED) is 0.532. The summed E-state index contributed by atoms with van der Waals surface area (Å²) in [6.45, 7) is 7.38. The number of amides is 1. The zero-order valence-corrected chi connectivity index (χ0v) is 19.5. The Hall–Kier alpha value is -3.61. The number of rotatable bonds is 4. The lowest BCUT2D eigenvalue weighted by Crippen LogP contribution is -2.39. The first-order valence-corrected chi connectivity index (χ1v) is 11.0. The molecule has 7 heteroatoms. The van der Waals surface area contributed by atoms with Gasteiger partial charge in [0.15, 0.2) is 0 Å². The van der Waals surface area contributed by atoms with E-state index in [0.717, 1.165) is 34.3 Å². The molecule has 0 bridgehead atoms. The van der Waals surface area contributed by atoms with Crippen molar-refractivity contribution in [3.63, 3.8) is 0 Å². The fraction of sp³-hybridized carbons (Fsp3) is 0.346. The molecule has 3 heterocycles. The SMILES string of the molecule is COC(=O)c1ccc(Cn2ccc3ccc(C4=CCN(C(=O)OC(C)(C)C)CC4)nc32)cc1. The molecule has 0 fully saturated rings. The number of carbonyl (C=O) groups excluding carboxylic acids is 2. The van der Waals surface area contributed by atoms with Gasteiger partial charge in [0.1, 0.15) is 11.2 Å². The number of pyridine rings is 1. The molecule has 1 aliphatic heterocycles. The van der Waals surface area contributed by atoms with Gasteiger partial charge < -0.3 is 18.9 Å². The van der Waals surface area contributed by atoms with Crippen LogP contribution in [-0.4, -0.2) is 52.3 Å². The van der Waals surface area contributed by atoms with Crippen LogP contribution >= 0.6 is 0 Å². The first kappa shape index (κ1) is 22.6. The summed E-state index contributed by atoms with van der Waals surface area (Å²) >= 11 is 0. The van der Waals surface area contributed by atoms with Gasteiger partial charge in [0, 0.05) is 31.2 Å². The molecule has 0 aliphatic carbocycles. The van der Waals surface area contributed by atoms with E-state index < -0.39 is 5.60 Å². The van der Waals surface area contributed by atoms with Gasteiger partial charge in [-0.15, -0.1) is 0 Å². The Labute approximate surface area is 193 Å². The predicted octanol–water partition coefficient (Wildman–Crippen LogP) is 4.90. The highest BCUT2D eigenvalue weighted by molar-refractivity contribution is 5.89. The second-order valence-corrected chi connectivity index (χ2v) is 9.15. The van der Waals surface area contributed by atoms with Gasteiger partial charge in [-0.05, 0) is 68.7 Å². The number of hydrogen-bond acceptors (Lipinski definition) is 5. The lowest BCUT2D eigenvalue weighted by atomic mass is 10.0. The van der Waals surface area contributed by atoms with Crippen molar-refractivity contribution in [1.29, 1.82) is 0 Å². The summed E-state index contributed by atoms with van der Waals surface area (Å²) in [5.41, 5.74) is 4.05. The largest absolute Gasteiger partial charge is 0.465 e. The van der Waals surface area contributed by atoms with Crippen molar-refractivity contribution in [3.05, 3.63) is 71.6 Å². The fourth-order valence-electron chi connectivity index (χ4n) is 3.82. The van der Waals surface area contributed by atoms with Gasteiger partial charge in [-0.25, -0.2) is 14.6 Å². The summed E-state index contributed by atoms with van der Waals surface area (Å²) in [5, 5.41) is 1.07. The van der Waals surface area contributed by atoms with Crippen LogP contribution < -0.4 is 0 Å².